The van der Waals surface area contributed by atoms with Gasteiger partial charge >= 0.3 is 5.97 Å². The van der Waals surface area contributed by atoms with Gasteiger partial charge in [0, 0.05) is 6.54 Å². The van der Waals surface area contributed by atoms with Crippen molar-refractivity contribution in [1.29, 1.82) is 5.26 Å². The van der Waals surface area contributed by atoms with Crippen molar-refractivity contribution in [1.82, 2.24) is 4.90 Å². The Kier molecular flexibility index (Phi) is 4.18. The summed E-state index contributed by atoms with van der Waals surface area (Å²) < 4.78 is 4.79. The number of hydrogen-bond acceptors (Lipinski definition) is 5. The summed E-state index contributed by atoms with van der Waals surface area (Å²) in [5.74, 6) is -1.54. The van der Waals surface area contributed by atoms with Gasteiger partial charge in [-0.25, -0.2) is 0 Å². The van der Waals surface area contributed by atoms with Gasteiger partial charge in [0.25, 0.3) is 0 Å². The van der Waals surface area contributed by atoms with Gasteiger partial charge in [0.1, 0.15) is 6.07 Å². The van der Waals surface area contributed by atoms with E-state index in [1.807, 2.05) is 12.2 Å². The minimum atomic E-state index is -0.820. The number of carbonyl (C=O) groups is 3. The number of esters is 1. The fourth-order valence-corrected chi connectivity index (χ4v) is 2.57. The second-order valence-corrected chi connectivity index (χ2v) is 5.00. The zero-order valence-electron chi connectivity index (χ0n) is 11.2. The third kappa shape index (κ3) is 2.72. The van der Waals surface area contributed by atoms with E-state index in [2.05, 4.69) is 0 Å². The lowest BCUT2D eigenvalue weighted by atomic mass is 9.85. The van der Waals surface area contributed by atoms with E-state index in [-0.39, 0.29) is 36.6 Å². The Labute approximate surface area is 117 Å². The normalized spacial score (nSPS) is 26.1. The molecule has 0 radical (unpaired) electrons. The van der Waals surface area contributed by atoms with Crippen molar-refractivity contribution < 1.29 is 19.1 Å². The number of allylic oxidation sites excluding steroid dienone is 2. The Morgan fingerprint density at radius 1 is 1.40 bits per heavy atom. The number of ether oxygens (including phenoxy) is 1. The Morgan fingerprint density at radius 3 is 2.45 bits per heavy atom. The first-order chi connectivity index (χ1) is 9.54. The Bertz CT molecular complexity index is 480. The van der Waals surface area contributed by atoms with E-state index in [1.165, 1.54) is 6.92 Å². The zero-order chi connectivity index (χ0) is 14.7. The molecule has 1 heterocycles. The van der Waals surface area contributed by atoms with Crippen molar-refractivity contribution in [2.45, 2.75) is 32.3 Å². The van der Waals surface area contributed by atoms with Gasteiger partial charge < -0.3 is 4.74 Å². The number of nitriles is 1. The van der Waals surface area contributed by atoms with Crippen molar-refractivity contribution in [3.63, 3.8) is 0 Å². The molecule has 0 spiro atoms. The number of likely N-dealkylation sites (tertiary alicyclic amines) is 1. The van der Waals surface area contributed by atoms with Crippen LogP contribution in [0.3, 0.4) is 0 Å². The third-order valence-corrected chi connectivity index (χ3v) is 3.63. The van der Waals surface area contributed by atoms with Gasteiger partial charge in [-0.3, -0.25) is 19.3 Å². The zero-order valence-corrected chi connectivity index (χ0v) is 11.2. The van der Waals surface area contributed by atoms with Crippen molar-refractivity contribution >= 4 is 17.8 Å². The molecule has 1 aliphatic heterocycles. The highest BCUT2D eigenvalue weighted by Gasteiger charge is 2.46. The molecule has 1 fully saturated rings. The molecule has 0 bridgehead atoms. The maximum Gasteiger partial charge on any atom is 0.308 e. The molecule has 0 saturated carbocycles. The van der Waals surface area contributed by atoms with Gasteiger partial charge in [-0.1, -0.05) is 12.2 Å². The van der Waals surface area contributed by atoms with Gasteiger partial charge in [-0.05, 0) is 19.8 Å². The summed E-state index contributed by atoms with van der Waals surface area (Å²) in [5, 5.41) is 8.53. The van der Waals surface area contributed by atoms with Crippen LogP contribution in [0.1, 0.15) is 26.2 Å². The highest BCUT2D eigenvalue weighted by atomic mass is 16.5. The molecule has 0 aromatic rings. The number of imide groups is 1. The van der Waals surface area contributed by atoms with E-state index >= 15 is 0 Å². The number of carbonyl (C=O) groups excluding carboxylic acids is 3. The number of nitrogens with zero attached hydrogens (tertiary/aromatic N) is 2. The first-order valence-electron chi connectivity index (χ1n) is 6.64. The highest BCUT2D eigenvalue weighted by Crippen LogP contribution is 2.34. The first kappa shape index (κ1) is 14.3. The Hall–Kier alpha value is -2.16. The molecule has 0 N–H and O–H groups in total. The van der Waals surface area contributed by atoms with Crippen LogP contribution in [0.5, 0.6) is 0 Å². The monoisotopic (exact) mass is 276 g/mol. The van der Waals surface area contributed by atoms with Gasteiger partial charge in [-0.2, -0.15) is 5.26 Å². The maximum absolute atomic E-state index is 12.1. The standard InChI is InChI=1S/C14H16N2O4/c1-9(8-15)20-12(17)6-7-16-13(18)10-4-2-3-5-11(10)14(16)19/h2-3,9-11H,4-7H2,1H3/t9-,10+,11+/m1/s1. The molecular weight excluding hydrogens is 260 g/mol. The topological polar surface area (TPSA) is 87.5 Å². The molecule has 1 aliphatic carbocycles. The van der Waals surface area contributed by atoms with E-state index in [9.17, 15) is 14.4 Å². The molecule has 2 aliphatic rings. The lowest BCUT2D eigenvalue weighted by Gasteiger charge is -2.14. The molecule has 2 amide bonds. The summed E-state index contributed by atoms with van der Waals surface area (Å²) in [5.41, 5.74) is 0. The average Bonchev–Trinajstić information content (AvgIpc) is 2.69. The Balaban J connectivity index is 1.91. The number of fused-ring (bicyclic) bond motifs is 1. The predicted octanol–water partition coefficient (Wildman–Crippen LogP) is 0.783. The third-order valence-electron chi connectivity index (χ3n) is 3.63. The minimum Gasteiger partial charge on any atom is -0.447 e. The number of amides is 2. The van der Waals surface area contributed by atoms with Crippen molar-refractivity contribution in [2.24, 2.45) is 11.8 Å². The molecule has 1 saturated heterocycles. The van der Waals surface area contributed by atoms with Gasteiger partial charge in [0.15, 0.2) is 6.10 Å². The average molecular weight is 276 g/mol. The molecule has 6 heteroatoms. The van der Waals surface area contributed by atoms with Crippen LogP contribution in [0.2, 0.25) is 0 Å². The lowest BCUT2D eigenvalue weighted by Crippen LogP contribution is -2.33. The number of hydrogen-bond donors (Lipinski definition) is 0. The quantitative estimate of drug-likeness (QED) is 0.430. The summed E-state index contributed by atoms with van der Waals surface area (Å²) in [6.07, 6.45) is 4.11. The van der Waals surface area contributed by atoms with Crippen LogP contribution in [-0.2, 0) is 19.1 Å². The molecule has 106 valence electrons. The molecule has 0 aromatic carbocycles. The molecule has 0 unspecified atom stereocenters. The van der Waals surface area contributed by atoms with E-state index in [4.69, 9.17) is 10.00 Å². The molecule has 2 rings (SSSR count). The van der Waals surface area contributed by atoms with E-state index < -0.39 is 12.1 Å². The van der Waals surface area contributed by atoms with Crippen molar-refractivity contribution in [2.75, 3.05) is 6.54 Å². The van der Waals surface area contributed by atoms with Crippen LogP contribution >= 0.6 is 0 Å². The SMILES string of the molecule is C[C@H](C#N)OC(=O)CCN1C(=O)[C@H]2CC=CC[C@@H]2C1=O. The summed E-state index contributed by atoms with van der Waals surface area (Å²) in [4.78, 5) is 36.8. The summed E-state index contributed by atoms with van der Waals surface area (Å²) >= 11 is 0. The Morgan fingerprint density at radius 2 is 1.95 bits per heavy atom. The van der Waals surface area contributed by atoms with Crippen LogP contribution in [0, 0.1) is 23.2 Å². The summed E-state index contributed by atoms with van der Waals surface area (Å²) in [6.45, 7) is 1.49. The molecule has 0 aromatic heterocycles. The summed E-state index contributed by atoms with van der Waals surface area (Å²) in [7, 11) is 0. The molecule has 6 nitrogen and oxygen atoms in total. The fourth-order valence-electron chi connectivity index (χ4n) is 2.57. The smallest absolute Gasteiger partial charge is 0.308 e. The summed E-state index contributed by atoms with van der Waals surface area (Å²) in [6, 6.07) is 1.78. The van der Waals surface area contributed by atoms with Crippen molar-refractivity contribution in [3.05, 3.63) is 12.2 Å². The minimum absolute atomic E-state index is 0.0294. The van der Waals surface area contributed by atoms with Crippen LogP contribution in [-0.4, -0.2) is 35.3 Å². The number of rotatable bonds is 4. The largest absolute Gasteiger partial charge is 0.447 e. The van der Waals surface area contributed by atoms with Gasteiger partial charge in [0.2, 0.25) is 11.8 Å². The van der Waals surface area contributed by atoms with Crippen molar-refractivity contribution in [3.8, 4) is 6.07 Å². The van der Waals surface area contributed by atoms with Gasteiger partial charge in [-0.15, -0.1) is 0 Å². The highest BCUT2D eigenvalue weighted by molar-refractivity contribution is 6.05. The molecular formula is C14H16N2O4. The first-order valence-corrected chi connectivity index (χ1v) is 6.64. The maximum atomic E-state index is 12.1. The van der Waals surface area contributed by atoms with Crippen LogP contribution in [0.4, 0.5) is 0 Å². The predicted molar refractivity (Wildman–Crippen MR) is 67.9 cm³/mol. The fraction of sp³-hybridized carbons (Fsp3) is 0.571. The second-order valence-electron chi connectivity index (χ2n) is 5.00. The van der Waals surface area contributed by atoms with E-state index in [0.29, 0.717) is 12.8 Å². The molecule has 20 heavy (non-hydrogen) atoms. The van der Waals surface area contributed by atoms with E-state index in [0.717, 1.165) is 4.90 Å². The molecule has 3 atom stereocenters. The second kappa shape index (κ2) is 5.87. The lowest BCUT2D eigenvalue weighted by molar-refractivity contribution is -0.147. The van der Waals surface area contributed by atoms with Crippen LogP contribution in [0.25, 0.3) is 0 Å². The van der Waals surface area contributed by atoms with Crippen LogP contribution < -0.4 is 0 Å². The van der Waals surface area contributed by atoms with Crippen LogP contribution in [0.15, 0.2) is 12.2 Å². The van der Waals surface area contributed by atoms with Gasteiger partial charge in [0.05, 0.1) is 18.3 Å². The van der Waals surface area contributed by atoms with E-state index in [1.54, 1.807) is 6.07 Å².